The van der Waals surface area contributed by atoms with Crippen molar-refractivity contribution >= 4 is 5.69 Å². The highest BCUT2D eigenvalue weighted by Crippen LogP contribution is 2.28. The van der Waals surface area contributed by atoms with Crippen LogP contribution in [-0.4, -0.2) is 19.1 Å². The van der Waals surface area contributed by atoms with Gasteiger partial charge in [-0.15, -0.1) is 0 Å². The summed E-state index contributed by atoms with van der Waals surface area (Å²) in [5.74, 6) is 0.866. The van der Waals surface area contributed by atoms with E-state index < -0.39 is 12.5 Å². The van der Waals surface area contributed by atoms with Gasteiger partial charge in [-0.3, -0.25) is 0 Å². The molecule has 0 bridgehead atoms. The Hall–Kier alpha value is -1.32. The van der Waals surface area contributed by atoms with Crippen molar-refractivity contribution < 1.29 is 13.5 Å². The van der Waals surface area contributed by atoms with E-state index in [2.05, 4.69) is 5.32 Å². The molecule has 0 fully saturated rings. The quantitative estimate of drug-likeness (QED) is 0.833. The molecule has 1 N–H and O–H groups in total. The first kappa shape index (κ1) is 10.2. The molecule has 2 nitrogen and oxygen atoms in total. The molecule has 0 spiro atoms. The molecule has 0 aromatic heterocycles. The summed E-state index contributed by atoms with van der Waals surface area (Å²) in [6.07, 6.45) is -1.50. The van der Waals surface area contributed by atoms with Gasteiger partial charge < -0.3 is 10.1 Å². The van der Waals surface area contributed by atoms with Gasteiger partial charge in [-0.25, -0.2) is 8.78 Å². The van der Waals surface area contributed by atoms with Crippen molar-refractivity contribution in [1.29, 1.82) is 0 Å². The molecule has 15 heavy (non-hydrogen) atoms. The molecular weight excluding hydrogens is 200 g/mol. The van der Waals surface area contributed by atoms with E-state index in [-0.39, 0.29) is 0 Å². The molecule has 1 aromatic rings. The summed E-state index contributed by atoms with van der Waals surface area (Å²) in [5.41, 5.74) is 1.81. The van der Waals surface area contributed by atoms with E-state index in [1.54, 1.807) is 6.07 Å². The van der Waals surface area contributed by atoms with Crippen LogP contribution in [-0.2, 0) is 6.42 Å². The third-order valence-corrected chi connectivity index (χ3v) is 2.46. The van der Waals surface area contributed by atoms with E-state index in [1.807, 2.05) is 12.1 Å². The van der Waals surface area contributed by atoms with E-state index in [4.69, 9.17) is 4.74 Å². The average Bonchev–Trinajstić information content (AvgIpc) is 2.64. The third-order valence-electron chi connectivity index (χ3n) is 2.46. The molecule has 0 aliphatic carbocycles. The maximum absolute atomic E-state index is 12.3. The van der Waals surface area contributed by atoms with Crippen LogP contribution in [0.4, 0.5) is 14.5 Å². The molecule has 1 unspecified atom stereocenters. The van der Waals surface area contributed by atoms with Crippen LogP contribution in [0.1, 0.15) is 12.5 Å². The molecule has 2 rings (SSSR count). The van der Waals surface area contributed by atoms with Crippen molar-refractivity contribution in [2.24, 2.45) is 0 Å². The van der Waals surface area contributed by atoms with Crippen LogP contribution >= 0.6 is 0 Å². The molecule has 82 valence electrons. The van der Waals surface area contributed by atoms with E-state index in [9.17, 15) is 8.78 Å². The number of halogens is 2. The number of nitrogens with one attached hydrogen (secondary N) is 1. The second kappa shape index (κ2) is 4.04. The molecule has 0 radical (unpaired) electrons. The Labute approximate surface area is 87.2 Å². The minimum atomic E-state index is -2.35. The highest BCUT2D eigenvalue weighted by atomic mass is 19.3. The Bertz CT molecular complexity index is 354. The number of benzene rings is 1. The zero-order valence-electron chi connectivity index (χ0n) is 8.47. The molecule has 1 atom stereocenters. The number of hydrogen-bond donors (Lipinski definition) is 1. The lowest BCUT2D eigenvalue weighted by Gasteiger charge is -2.14. The summed E-state index contributed by atoms with van der Waals surface area (Å²) < 4.78 is 29.9. The van der Waals surface area contributed by atoms with Crippen LogP contribution in [0, 0.1) is 0 Å². The average molecular weight is 213 g/mol. The van der Waals surface area contributed by atoms with Gasteiger partial charge in [0.05, 0.1) is 12.6 Å². The van der Waals surface area contributed by atoms with Crippen molar-refractivity contribution in [2.45, 2.75) is 25.8 Å². The van der Waals surface area contributed by atoms with Crippen LogP contribution in [0.15, 0.2) is 18.2 Å². The fourth-order valence-corrected chi connectivity index (χ4v) is 1.60. The predicted octanol–water partition coefficient (Wildman–Crippen LogP) is 2.69. The molecule has 1 heterocycles. The Morgan fingerprint density at radius 2 is 2.20 bits per heavy atom. The number of alkyl halides is 2. The first-order valence-corrected chi connectivity index (χ1v) is 4.97. The number of fused-ring (bicyclic) bond motifs is 1. The highest BCUT2D eigenvalue weighted by Gasteiger charge is 2.16. The summed E-state index contributed by atoms with van der Waals surface area (Å²) in [5, 5.41) is 2.77. The van der Waals surface area contributed by atoms with E-state index >= 15 is 0 Å². The Kier molecular flexibility index (Phi) is 2.75. The minimum Gasteiger partial charge on any atom is -0.493 e. The summed E-state index contributed by atoms with van der Waals surface area (Å²) >= 11 is 0. The van der Waals surface area contributed by atoms with Gasteiger partial charge in [0.1, 0.15) is 5.75 Å². The van der Waals surface area contributed by atoms with Crippen molar-refractivity contribution in [3.63, 3.8) is 0 Å². The van der Waals surface area contributed by atoms with Crippen LogP contribution in [0.2, 0.25) is 0 Å². The number of ether oxygens (including phenoxy) is 1. The van der Waals surface area contributed by atoms with E-state index in [1.165, 1.54) is 6.92 Å². The van der Waals surface area contributed by atoms with Gasteiger partial charge in [-0.05, 0) is 30.7 Å². The van der Waals surface area contributed by atoms with Crippen molar-refractivity contribution in [3.8, 4) is 5.75 Å². The van der Waals surface area contributed by atoms with Crippen molar-refractivity contribution in [1.82, 2.24) is 0 Å². The molecule has 1 aliphatic rings. The first-order chi connectivity index (χ1) is 7.16. The van der Waals surface area contributed by atoms with Gasteiger partial charge >= 0.3 is 0 Å². The van der Waals surface area contributed by atoms with Gasteiger partial charge in [0, 0.05) is 12.1 Å². The monoisotopic (exact) mass is 213 g/mol. The van der Waals surface area contributed by atoms with Gasteiger partial charge in [0.15, 0.2) is 0 Å². The number of hydrogen-bond acceptors (Lipinski definition) is 2. The number of anilines is 1. The van der Waals surface area contributed by atoms with E-state index in [0.717, 1.165) is 23.4 Å². The molecule has 1 aromatic carbocycles. The van der Waals surface area contributed by atoms with Crippen LogP contribution in [0.25, 0.3) is 0 Å². The Balaban J connectivity index is 2.10. The topological polar surface area (TPSA) is 21.3 Å². The largest absolute Gasteiger partial charge is 0.493 e. The van der Waals surface area contributed by atoms with Gasteiger partial charge in [0.2, 0.25) is 0 Å². The molecule has 0 saturated carbocycles. The zero-order valence-corrected chi connectivity index (χ0v) is 8.47. The van der Waals surface area contributed by atoms with Crippen LogP contribution < -0.4 is 10.1 Å². The summed E-state index contributed by atoms with van der Waals surface area (Å²) in [6.45, 7) is 2.15. The molecule has 4 heteroatoms. The third kappa shape index (κ3) is 2.19. The minimum absolute atomic E-state index is 0.684. The SMILES string of the molecule is CC(Nc1ccc2c(c1)CCO2)C(F)F. The smallest absolute Gasteiger partial charge is 0.258 e. The second-order valence-corrected chi connectivity index (χ2v) is 3.69. The molecule has 1 aliphatic heterocycles. The van der Waals surface area contributed by atoms with Gasteiger partial charge in [-0.1, -0.05) is 0 Å². The lowest BCUT2D eigenvalue weighted by atomic mass is 10.1. The molecule has 0 saturated heterocycles. The van der Waals surface area contributed by atoms with E-state index in [0.29, 0.717) is 6.61 Å². The summed E-state index contributed by atoms with van der Waals surface area (Å²) in [4.78, 5) is 0. The van der Waals surface area contributed by atoms with Crippen LogP contribution in [0.3, 0.4) is 0 Å². The maximum Gasteiger partial charge on any atom is 0.258 e. The van der Waals surface area contributed by atoms with Gasteiger partial charge in [0.25, 0.3) is 6.43 Å². The van der Waals surface area contributed by atoms with Crippen molar-refractivity contribution in [2.75, 3.05) is 11.9 Å². The Morgan fingerprint density at radius 3 is 2.93 bits per heavy atom. The normalized spacial score (nSPS) is 16.0. The zero-order chi connectivity index (χ0) is 10.8. The highest BCUT2D eigenvalue weighted by molar-refractivity contribution is 5.52. The lowest BCUT2D eigenvalue weighted by Crippen LogP contribution is -2.23. The Morgan fingerprint density at radius 1 is 1.40 bits per heavy atom. The first-order valence-electron chi connectivity index (χ1n) is 4.97. The number of rotatable bonds is 3. The second-order valence-electron chi connectivity index (χ2n) is 3.69. The fraction of sp³-hybridized carbons (Fsp3) is 0.455. The van der Waals surface area contributed by atoms with Crippen LogP contribution in [0.5, 0.6) is 5.75 Å². The fourth-order valence-electron chi connectivity index (χ4n) is 1.60. The standard InChI is InChI=1S/C11H13F2NO/c1-7(11(12)13)14-9-2-3-10-8(6-9)4-5-15-10/h2-3,6-7,11,14H,4-5H2,1H3. The maximum atomic E-state index is 12.3. The van der Waals surface area contributed by atoms with Gasteiger partial charge in [-0.2, -0.15) is 0 Å². The summed E-state index contributed by atoms with van der Waals surface area (Å²) in [7, 11) is 0. The lowest BCUT2D eigenvalue weighted by molar-refractivity contribution is 0.131. The predicted molar refractivity (Wildman–Crippen MR) is 54.7 cm³/mol. The summed E-state index contributed by atoms with van der Waals surface area (Å²) in [6, 6.07) is 4.64. The molecular formula is C11H13F2NO. The molecule has 0 amide bonds. The van der Waals surface area contributed by atoms with Crippen molar-refractivity contribution in [3.05, 3.63) is 23.8 Å².